The molecule has 1 saturated carbocycles. The minimum atomic E-state index is -0.802. The molecule has 6 heteroatoms. The van der Waals surface area contributed by atoms with E-state index in [1.165, 1.54) is 25.0 Å². The first-order chi connectivity index (χ1) is 10.6. The van der Waals surface area contributed by atoms with Crippen LogP contribution in [0, 0.1) is 11.6 Å². The molecule has 4 nitrogen and oxygen atoms in total. The number of hydrogen-bond donors (Lipinski definition) is 0. The minimum Gasteiger partial charge on any atom is -0.312 e. The van der Waals surface area contributed by atoms with E-state index in [9.17, 15) is 8.78 Å². The molecule has 1 fully saturated rings. The Morgan fingerprint density at radius 3 is 2.68 bits per heavy atom. The molecule has 0 amide bonds. The van der Waals surface area contributed by atoms with E-state index >= 15 is 0 Å². The molecule has 0 bridgehead atoms. The van der Waals surface area contributed by atoms with Gasteiger partial charge in [-0.25, -0.2) is 8.78 Å². The number of hydrogen-bond acceptors (Lipinski definition) is 3. The summed E-state index contributed by atoms with van der Waals surface area (Å²) >= 11 is 0. The average molecular weight is 304 g/mol. The van der Waals surface area contributed by atoms with Crippen molar-refractivity contribution in [1.82, 2.24) is 19.7 Å². The summed E-state index contributed by atoms with van der Waals surface area (Å²) in [5.74, 6) is 1.10. The molecule has 2 aliphatic rings. The van der Waals surface area contributed by atoms with Crippen LogP contribution in [0.15, 0.2) is 18.2 Å². The standard InChI is InChI=1S/C16H18F2N4/c1-10(12-4-5-13(17)14(18)8-12)21-6-7-22-15(9-21)19-20-16(22)11-2-3-11/h4-5,8,10-11H,2-3,6-7,9H2,1H3/t10-/m0/s1. The van der Waals surface area contributed by atoms with Gasteiger partial charge in [-0.1, -0.05) is 6.07 Å². The number of halogens is 2. The van der Waals surface area contributed by atoms with Crippen molar-refractivity contribution in [3.8, 4) is 0 Å². The normalized spacial score (nSPS) is 20.0. The molecule has 1 aromatic carbocycles. The van der Waals surface area contributed by atoms with Gasteiger partial charge in [0.2, 0.25) is 0 Å². The fraction of sp³-hybridized carbons (Fsp3) is 0.500. The highest BCUT2D eigenvalue weighted by molar-refractivity contribution is 5.21. The van der Waals surface area contributed by atoms with E-state index in [-0.39, 0.29) is 6.04 Å². The van der Waals surface area contributed by atoms with Gasteiger partial charge in [-0.15, -0.1) is 10.2 Å². The first kappa shape index (κ1) is 13.8. The Labute approximate surface area is 127 Å². The summed E-state index contributed by atoms with van der Waals surface area (Å²) in [6.07, 6.45) is 2.43. The van der Waals surface area contributed by atoms with Crippen LogP contribution in [0.1, 0.15) is 48.9 Å². The fourth-order valence-electron chi connectivity index (χ4n) is 3.16. The van der Waals surface area contributed by atoms with Crippen LogP contribution in [0.2, 0.25) is 0 Å². The Hall–Kier alpha value is -1.82. The predicted octanol–water partition coefficient (Wildman–Crippen LogP) is 3.01. The zero-order valence-corrected chi connectivity index (χ0v) is 12.5. The Bertz CT molecular complexity index is 708. The van der Waals surface area contributed by atoms with Crippen LogP contribution in [-0.2, 0) is 13.1 Å². The van der Waals surface area contributed by atoms with E-state index < -0.39 is 11.6 Å². The van der Waals surface area contributed by atoms with E-state index in [1.54, 1.807) is 6.07 Å². The molecule has 0 radical (unpaired) electrons. The predicted molar refractivity (Wildman–Crippen MR) is 77.2 cm³/mol. The van der Waals surface area contributed by atoms with Gasteiger partial charge in [-0.05, 0) is 37.5 Å². The summed E-state index contributed by atoms with van der Waals surface area (Å²) < 4.78 is 28.7. The zero-order valence-electron chi connectivity index (χ0n) is 12.5. The van der Waals surface area contributed by atoms with Crippen LogP contribution < -0.4 is 0 Å². The lowest BCUT2D eigenvalue weighted by Gasteiger charge is -2.33. The number of aromatic nitrogens is 3. The lowest BCUT2D eigenvalue weighted by Crippen LogP contribution is -2.36. The van der Waals surface area contributed by atoms with Crippen LogP contribution in [0.25, 0.3) is 0 Å². The van der Waals surface area contributed by atoms with Gasteiger partial charge < -0.3 is 4.57 Å². The molecule has 1 aromatic heterocycles. The molecule has 1 aliphatic heterocycles. The number of fused-ring (bicyclic) bond motifs is 1. The van der Waals surface area contributed by atoms with Crippen molar-refractivity contribution < 1.29 is 8.78 Å². The monoisotopic (exact) mass is 304 g/mol. The molecular weight excluding hydrogens is 286 g/mol. The molecule has 1 aliphatic carbocycles. The first-order valence-electron chi connectivity index (χ1n) is 7.74. The average Bonchev–Trinajstić information content (AvgIpc) is 3.28. The van der Waals surface area contributed by atoms with E-state index in [2.05, 4.69) is 19.7 Å². The van der Waals surface area contributed by atoms with Crippen molar-refractivity contribution in [3.05, 3.63) is 47.0 Å². The SMILES string of the molecule is C[C@@H](c1ccc(F)c(F)c1)N1CCn2c(nnc2C2CC2)C1. The van der Waals surface area contributed by atoms with Crippen LogP contribution in [0.3, 0.4) is 0 Å². The zero-order chi connectivity index (χ0) is 15.3. The second-order valence-electron chi connectivity index (χ2n) is 6.22. The summed E-state index contributed by atoms with van der Waals surface area (Å²) in [6.45, 7) is 4.44. The Morgan fingerprint density at radius 1 is 1.14 bits per heavy atom. The Kier molecular flexibility index (Phi) is 3.22. The molecule has 116 valence electrons. The summed E-state index contributed by atoms with van der Waals surface area (Å²) in [7, 11) is 0. The highest BCUT2D eigenvalue weighted by Gasteiger charge is 2.33. The van der Waals surface area contributed by atoms with Gasteiger partial charge in [-0.2, -0.15) is 0 Å². The van der Waals surface area contributed by atoms with Gasteiger partial charge in [0, 0.05) is 25.0 Å². The maximum Gasteiger partial charge on any atom is 0.159 e. The molecule has 0 saturated heterocycles. The van der Waals surface area contributed by atoms with Crippen molar-refractivity contribution in [1.29, 1.82) is 0 Å². The van der Waals surface area contributed by atoms with Gasteiger partial charge in [0.25, 0.3) is 0 Å². The van der Waals surface area contributed by atoms with Crippen LogP contribution in [0.5, 0.6) is 0 Å². The van der Waals surface area contributed by atoms with Gasteiger partial charge >= 0.3 is 0 Å². The van der Waals surface area contributed by atoms with E-state index in [0.717, 1.165) is 30.3 Å². The second kappa shape index (κ2) is 5.12. The minimum absolute atomic E-state index is 0.0184. The molecule has 0 N–H and O–H groups in total. The van der Waals surface area contributed by atoms with Gasteiger partial charge in [0.05, 0.1) is 6.54 Å². The van der Waals surface area contributed by atoms with Crippen LogP contribution in [-0.4, -0.2) is 26.2 Å². The highest BCUT2D eigenvalue weighted by atomic mass is 19.2. The van der Waals surface area contributed by atoms with E-state index in [4.69, 9.17) is 0 Å². The maximum atomic E-state index is 13.4. The van der Waals surface area contributed by atoms with Gasteiger partial charge in [-0.3, -0.25) is 4.90 Å². The summed E-state index contributed by atoms with van der Waals surface area (Å²) in [6, 6.07) is 4.15. The molecule has 1 atom stereocenters. The van der Waals surface area contributed by atoms with Crippen molar-refractivity contribution in [2.24, 2.45) is 0 Å². The molecule has 2 aromatic rings. The number of benzene rings is 1. The third-order valence-electron chi connectivity index (χ3n) is 4.73. The topological polar surface area (TPSA) is 34.0 Å². The third-order valence-corrected chi connectivity index (χ3v) is 4.73. The summed E-state index contributed by atoms with van der Waals surface area (Å²) in [4.78, 5) is 2.23. The van der Waals surface area contributed by atoms with Crippen LogP contribution in [0.4, 0.5) is 8.78 Å². The lowest BCUT2D eigenvalue weighted by molar-refractivity contribution is 0.162. The van der Waals surface area contributed by atoms with E-state index in [0.29, 0.717) is 12.5 Å². The third kappa shape index (κ3) is 2.31. The molecular formula is C16H18F2N4. The van der Waals surface area contributed by atoms with Gasteiger partial charge in [0.1, 0.15) is 11.6 Å². The van der Waals surface area contributed by atoms with Crippen molar-refractivity contribution in [2.45, 2.75) is 44.8 Å². The second-order valence-corrected chi connectivity index (χ2v) is 6.22. The lowest BCUT2D eigenvalue weighted by atomic mass is 10.1. The maximum absolute atomic E-state index is 13.4. The van der Waals surface area contributed by atoms with Crippen molar-refractivity contribution >= 4 is 0 Å². The smallest absolute Gasteiger partial charge is 0.159 e. The molecule has 4 rings (SSSR count). The Morgan fingerprint density at radius 2 is 1.95 bits per heavy atom. The van der Waals surface area contributed by atoms with Gasteiger partial charge in [0.15, 0.2) is 11.6 Å². The summed E-state index contributed by atoms with van der Waals surface area (Å²) in [5.41, 5.74) is 0.786. The highest BCUT2D eigenvalue weighted by Crippen LogP contribution is 2.40. The largest absolute Gasteiger partial charge is 0.312 e. The van der Waals surface area contributed by atoms with Crippen LogP contribution >= 0.6 is 0 Å². The fourth-order valence-corrected chi connectivity index (χ4v) is 3.16. The van der Waals surface area contributed by atoms with Crippen molar-refractivity contribution in [3.63, 3.8) is 0 Å². The molecule has 22 heavy (non-hydrogen) atoms. The quantitative estimate of drug-likeness (QED) is 0.874. The van der Waals surface area contributed by atoms with E-state index in [1.807, 2.05) is 6.92 Å². The molecule has 2 heterocycles. The van der Waals surface area contributed by atoms with Crippen molar-refractivity contribution in [2.75, 3.05) is 6.54 Å². The number of nitrogens with zero attached hydrogens (tertiary/aromatic N) is 4. The summed E-state index contributed by atoms with van der Waals surface area (Å²) in [5, 5.41) is 8.64. The number of rotatable bonds is 3. The molecule has 0 spiro atoms. The molecule has 0 unspecified atom stereocenters. The first-order valence-corrected chi connectivity index (χ1v) is 7.74. The Balaban J connectivity index is 1.54.